The molecule has 22 nitrogen and oxygen atoms in total. The van der Waals surface area contributed by atoms with Crippen molar-refractivity contribution in [2.45, 2.75) is 150 Å². The van der Waals surface area contributed by atoms with Crippen molar-refractivity contribution in [1.29, 1.82) is 0 Å². The molecule has 4 aliphatic rings. The van der Waals surface area contributed by atoms with Gasteiger partial charge in [-0.15, -0.1) is 0 Å². The van der Waals surface area contributed by atoms with Gasteiger partial charge in [0.15, 0.2) is 25.2 Å². The summed E-state index contributed by atoms with van der Waals surface area (Å²) < 4.78 is 50.0. The number of aliphatic hydroxyl groups excluding tert-OH is 13. The molecule has 4 aliphatic heterocycles. The predicted molar refractivity (Wildman–Crippen MR) is 261 cm³/mol. The third kappa shape index (κ3) is 15.6. The molecule has 74 heavy (non-hydrogen) atoms. The maximum absolute atomic E-state index is 10.5. The molecule has 22 heteroatoms. The van der Waals surface area contributed by atoms with Crippen LogP contribution in [0.25, 0.3) is 18.2 Å². The Morgan fingerprint density at radius 3 is 0.811 bits per heavy atom. The Morgan fingerprint density at radius 2 is 0.581 bits per heavy atom. The fraction of sp³-hybridized carbons (Fsp3) is 0.538. The quantitative estimate of drug-likeness (QED) is 0.0609. The zero-order valence-corrected chi connectivity index (χ0v) is 39.8. The van der Waals surface area contributed by atoms with E-state index in [1.54, 1.807) is 18.2 Å². The molecule has 0 unspecified atom stereocenters. The van der Waals surface area contributed by atoms with Crippen molar-refractivity contribution in [2.24, 2.45) is 0 Å². The molecule has 13 N–H and O–H groups in total. The van der Waals surface area contributed by atoms with Gasteiger partial charge < -0.3 is 109 Å². The molecule has 7 rings (SSSR count). The van der Waals surface area contributed by atoms with Crippen molar-refractivity contribution >= 4 is 18.2 Å². The van der Waals surface area contributed by atoms with E-state index in [2.05, 4.69) is 19.7 Å². The van der Waals surface area contributed by atoms with E-state index in [4.69, 9.17) is 42.6 Å². The monoisotopic (exact) mass is 1050 g/mol. The van der Waals surface area contributed by atoms with E-state index in [0.29, 0.717) is 0 Å². The molecule has 4 heterocycles. The van der Waals surface area contributed by atoms with E-state index in [1.165, 1.54) is 0 Å². The zero-order chi connectivity index (χ0) is 52.9. The Morgan fingerprint density at radius 1 is 0.351 bits per heavy atom. The lowest BCUT2D eigenvalue weighted by Gasteiger charge is -2.45. The van der Waals surface area contributed by atoms with Crippen molar-refractivity contribution in [2.75, 3.05) is 26.4 Å². The highest BCUT2D eigenvalue weighted by Gasteiger charge is 2.51. The minimum Gasteiger partial charge on any atom is -0.394 e. The molecule has 20 atom stereocenters. The van der Waals surface area contributed by atoms with Crippen molar-refractivity contribution in [3.63, 3.8) is 0 Å². The van der Waals surface area contributed by atoms with Crippen molar-refractivity contribution in [1.82, 2.24) is 0 Å². The SMILES string of the molecule is C.C=Cc1ccc(COC[C@H]2O[C@H](O[C@H]3O[C@H](CO)[C@@H](O)[C@H](O)[C@H]3O)[C@H](O)[C@@H](O)[C@@H]2O)cc1.C=Cc1ccc(COC[C@H]2O[C@H](O[C@H]3O[C@H](COCc4ccc(C=C)cc4)[C@@H](O)[C@H](O)[C@H]3O)[C@H](O)[C@@H](O)[C@@H]2O)cc1. The normalized spacial score (nSPS) is 36.1. The highest BCUT2D eigenvalue weighted by Crippen LogP contribution is 2.31. The molecule has 3 aromatic carbocycles. The molecule has 0 radical (unpaired) electrons. The first-order chi connectivity index (χ1) is 35.0. The molecule has 0 saturated carbocycles. The summed E-state index contributed by atoms with van der Waals surface area (Å²) in [7, 11) is 0. The molecule has 0 bridgehead atoms. The first-order valence-corrected chi connectivity index (χ1v) is 23.6. The van der Waals surface area contributed by atoms with Crippen LogP contribution in [-0.4, -0.2) is 216 Å². The van der Waals surface area contributed by atoms with Crippen LogP contribution in [0.1, 0.15) is 40.8 Å². The number of aliphatic hydroxyl groups is 13. The zero-order valence-electron chi connectivity index (χ0n) is 39.8. The van der Waals surface area contributed by atoms with Crippen LogP contribution in [0, 0.1) is 0 Å². The lowest BCUT2D eigenvalue weighted by atomic mass is 9.98. The highest BCUT2D eigenvalue weighted by molar-refractivity contribution is 5.48. The Hall–Kier alpha value is -4.00. The maximum atomic E-state index is 10.5. The smallest absolute Gasteiger partial charge is 0.189 e. The van der Waals surface area contributed by atoms with Crippen LogP contribution in [0.4, 0.5) is 0 Å². The van der Waals surface area contributed by atoms with Gasteiger partial charge >= 0.3 is 0 Å². The molecular formula is C52H72O22. The number of hydrogen-bond donors (Lipinski definition) is 13. The number of hydrogen-bond acceptors (Lipinski definition) is 22. The van der Waals surface area contributed by atoms with Crippen LogP contribution in [-0.2, 0) is 62.5 Å². The summed E-state index contributed by atoms with van der Waals surface area (Å²) in [6.07, 6.45) is -25.1. The Bertz CT molecular complexity index is 2040. The van der Waals surface area contributed by atoms with Crippen LogP contribution in [0.15, 0.2) is 92.5 Å². The molecule has 412 valence electrons. The van der Waals surface area contributed by atoms with Gasteiger partial charge in [0.2, 0.25) is 0 Å². The summed E-state index contributed by atoms with van der Waals surface area (Å²) in [5, 5.41) is 132. The fourth-order valence-electron chi connectivity index (χ4n) is 8.07. The van der Waals surface area contributed by atoms with Gasteiger partial charge in [-0.3, -0.25) is 0 Å². The molecule has 0 amide bonds. The summed E-state index contributed by atoms with van der Waals surface area (Å²) in [6.45, 7) is 10.6. The van der Waals surface area contributed by atoms with Gasteiger partial charge in [0, 0.05) is 0 Å². The summed E-state index contributed by atoms with van der Waals surface area (Å²) >= 11 is 0. The van der Waals surface area contributed by atoms with Gasteiger partial charge in [-0.1, -0.05) is 118 Å². The lowest BCUT2D eigenvalue weighted by Crippen LogP contribution is -2.63. The Balaban J connectivity index is 0.000000279. The van der Waals surface area contributed by atoms with E-state index in [1.807, 2.05) is 72.8 Å². The summed E-state index contributed by atoms with van der Waals surface area (Å²) in [5.41, 5.74) is 5.44. The number of benzene rings is 3. The summed E-state index contributed by atoms with van der Waals surface area (Å²) in [4.78, 5) is 0. The summed E-state index contributed by atoms with van der Waals surface area (Å²) in [5.74, 6) is 0. The second-order valence-electron chi connectivity index (χ2n) is 17.9. The van der Waals surface area contributed by atoms with E-state index in [9.17, 15) is 66.4 Å². The van der Waals surface area contributed by atoms with Crippen LogP contribution in [0.5, 0.6) is 0 Å². The van der Waals surface area contributed by atoms with Crippen molar-refractivity contribution in [3.05, 3.63) is 126 Å². The fourth-order valence-corrected chi connectivity index (χ4v) is 8.07. The Kier molecular flexibility index (Phi) is 23.8. The van der Waals surface area contributed by atoms with Gasteiger partial charge in [-0.05, 0) is 33.4 Å². The second kappa shape index (κ2) is 28.9. The largest absolute Gasteiger partial charge is 0.394 e. The second-order valence-corrected chi connectivity index (χ2v) is 17.9. The molecule has 0 spiro atoms. The summed E-state index contributed by atoms with van der Waals surface area (Å²) in [6, 6.07) is 22.4. The van der Waals surface area contributed by atoms with Gasteiger partial charge in [0.25, 0.3) is 0 Å². The number of rotatable bonds is 20. The molecule has 4 fully saturated rings. The average molecular weight is 1050 g/mol. The third-order valence-electron chi connectivity index (χ3n) is 12.7. The minimum absolute atomic E-state index is 0. The topological polar surface area (TPSA) is 346 Å². The first kappa shape index (κ1) is 60.9. The molecule has 3 aromatic rings. The maximum Gasteiger partial charge on any atom is 0.189 e. The molecule has 0 aromatic heterocycles. The van der Waals surface area contributed by atoms with Crippen molar-refractivity contribution < 1.29 is 109 Å². The minimum atomic E-state index is -1.72. The molecule has 4 saturated heterocycles. The Labute approximate surface area is 428 Å². The molecular weight excluding hydrogens is 977 g/mol. The average Bonchev–Trinajstić information content (AvgIpc) is 3.41. The van der Waals surface area contributed by atoms with Gasteiger partial charge in [-0.2, -0.15) is 0 Å². The lowest BCUT2D eigenvalue weighted by molar-refractivity contribution is -0.377. The van der Waals surface area contributed by atoms with E-state index >= 15 is 0 Å². The molecule has 0 aliphatic carbocycles. The van der Waals surface area contributed by atoms with Crippen LogP contribution in [0.3, 0.4) is 0 Å². The van der Waals surface area contributed by atoms with Crippen LogP contribution in [0.2, 0.25) is 0 Å². The predicted octanol–water partition coefficient (Wildman–Crippen LogP) is -1.56. The van der Waals surface area contributed by atoms with Crippen LogP contribution < -0.4 is 0 Å². The van der Waals surface area contributed by atoms with E-state index < -0.39 is 129 Å². The van der Waals surface area contributed by atoms with E-state index in [0.717, 1.165) is 33.4 Å². The first-order valence-electron chi connectivity index (χ1n) is 23.6. The third-order valence-corrected chi connectivity index (χ3v) is 12.7. The van der Waals surface area contributed by atoms with Gasteiger partial charge in [0.05, 0.1) is 46.2 Å². The van der Waals surface area contributed by atoms with Crippen molar-refractivity contribution in [3.8, 4) is 0 Å². The van der Waals surface area contributed by atoms with Gasteiger partial charge in [-0.25, -0.2) is 0 Å². The highest BCUT2D eigenvalue weighted by atomic mass is 16.8. The standard InChI is InChI=1S/C30H38O11.C21H30O11.CH4/c1-3-17-5-9-19(10-6-17)13-37-15-21-23(31)25(33)27(35)29(39-21)41-30-28(36)26(34)24(32)22(40-30)16-38-14-20-11-7-18(4-2)8-12-20;1-2-10-3-5-11(6-4-10)8-29-9-13-15(24)17(26)19(28)21(31-13)32-20-18(27)16(25)14(23)12(7-22)30-20;/h3-12,21-36H,1-2,13-16H2;2-6,12-28H,1,7-9H2;1H4/t21-,22-,23-,24-,25+,26+,27-,28-,29-,30-;12-,13-,14-,15-,16+,17+,18-,19-,20-,21-;/m11./s1. The van der Waals surface area contributed by atoms with Crippen LogP contribution >= 0.6 is 0 Å². The van der Waals surface area contributed by atoms with E-state index in [-0.39, 0.29) is 47.1 Å². The van der Waals surface area contributed by atoms with Gasteiger partial charge in [0.1, 0.15) is 97.7 Å². The number of ether oxygens (including phenoxy) is 9.